The van der Waals surface area contributed by atoms with Crippen LogP contribution in [0.4, 0.5) is 0 Å². The van der Waals surface area contributed by atoms with E-state index in [2.05, 4.69) is 105 Å². The number of carbonyl (C=O) groups is 2. The van der Waals surface area contributed by atoms with Gasteiger partial charge in [0.1, 0.15) is 16.2 Å². The molecule has 1 unspecified atom stereocenters. The van der Waals surface area contributed by atoms with Crippen molar-refractivity contribution in [1.82, 2.24) is 9.88 Å². The number of rotatable bonds is 18. The van der Waals surface area contributed by atoms with Gasteiger partial charge in [0, 0.05) is 49.4 Å². The molecule has 0 bridgehead atoms. The Hall–Kier alpha value is -0.649. The highest BCUT2D eigenvalue weighted by atomic mass is 32.2. The lowest BCUT2D eigenvalue weighted by Crippen LogP contribution is -2.53. The molecular weight excluding hydrogens is 813 g/mol. The molecule has 0 aromatic carbocycles. The molecule has 1 aromatic rings. The van der Waals surface area contributed by atoms with Gasteiger partial charge < -0.3 is 18.3 Å². The number of fused-ring (bicyclic) bond motifs is 1. The van der Waals surface area contributed by atoms with Crippen molar-refractivity contribution >= 4 is 65.6 Å². The van der Waals surface area contributed by atoms with Gasteiger partial charge >= 0.3 is 5.97 Å². The molecule has 3 heterocycles. The number of hydrogen-bond donors (Lipinski definition) is 0. The minimum absolute atomic E-state index is 0.0292. The summed E-state index contributed by atoms with van der Waals surface area (Å²) >= 11 is 3.27. The highest BCUT2D eigenvalue weighted by molar-refractivity contribution is 8.00. The average Bonchev–Trinajstić information content (AvgIpc) is 3.46. The number of ether oxygens (including phenoxy) is 2. The van der Waals surface area contributed by atoms with E-state index >= 15 is 4.79 Å². The molecule has 13 heteroatoms. The zero-order chi connectivity index (χ0) is 43.7. The molecule has 2 aliphatic heterocycles. The van der Waals surface area contributed by atoms with Crippen molar-refractivity contribution in [1.29, 1.82) is 0 Å². The normalized spacial score (nSPS) is 29.6. The summed E-state index contributed by atoms with van der Waals surface area (Å²) in [5.74, 6) is -0.333. The summed E-state index contributed by atoms with van der Waals surface area (Å²) in [5, 5.41) is 2.07. The number of thiazole rings is 1. The Morgan fingerprint density at radius 3 is 2.10 bits per heavy atom. The summed E-state index contributed by atoms with van der Waals surface area (Å²) in [6, 6.07) is 7.20. The summed E-state index contributed by atoms with van der Waals surface area (Å²) in [6.45, 7) is 34.8. The van der Waals surface area contributed by atoms with E-state index in [1.54, 1.807) is 23.1 Å². The maximum absolute atomic E-state index is 15.2. The van der Waals surface area contributed by atoms with Gasteiger partial charge in [0.05, 0.1) is 31.1 Å². The number of aromatic nitrogens is 1. The largest absolute Gasteiger partial charge is 0.458 e. The van der Waals surface area contributed by atoms with Crippen LogP contribution in [0.25, 0.3) is 6.08 Å². The van der Waals surface area contributed by atoms with E-state index in [-0.39, 0.29) is 47.7 Å². The van der Waals surface area contributed by atoms with Gasteiger partial charge in [-0.3, -0.25) is 14.5 Å². The van der Waals surface area contributed by atoms with Gasteiger partial charge in [-0.05, 0) is 92.8 Å². The number of Topliss-reactive ketones (excluding diaryl/α,β-unsaturated/α-hetero) is 1. The van der Waals surface area contributed by atoms with Gasteiger partial charge in [0.15, 0.2) is 16.6 Å². The lowest BCUT2D eigenvalue weighted by molar-refractivity contribution is -0.153. The molecule has 2 fully saturated rings. The van der Waals surface area contributed by atoms with Crippen LogP contribution in [0.15, 0.2) is 15.3 Å². The van der Waals surface area contributed by atoms with E-state index in [1.807, 2.05) is 20.1 Å². The van der Waals surface area contributed by atoms with Crippen LogP contribution < -0.4 is 0 Å². The minimum atomic E-state index is -2.25. The fraction of sp³-hybridized carbons (Fsp3) is 0.844. The number of carbonyl (C=O) groups excluding carboxylic acids is 2. The molecule has 1 aromatic heterocycles. The number of hydrogen-bond acceptors (Lipinski definition) is 10. The number of ketones is 1. The van der Waals surface area contributed by atoms with Crippen molar-refractivity contribution in [2.75, 3.05) is 19.6 Å². The molecular formula is C45H84N2O6S2Si3. The second-order valence-electron chi connectivity index (χ2n) is 19.7. The third-order valence-electron chi connectivity index (χ3n) is 14.4. The van der Waals surface area contributed by atoms with Gasteiger partial charge in [-0.25, -0.2) is 4.98 Å². The number of cyclic esters (lactones) is 1. The van der Waals surface area contributed by atoms with E-state index in [1.165, 1.54) is 0 Å². The van der Waals surface area contributed by atoms with E-state index in [0.717, 1.165) is 83.8 Å². The van der Waals surface area contributed by atoms with E-state index in [0.29, 0.717) is 13.2 Å². The van der Waals surface area contributed by atoms with E-state index < -0.39 is 42.3 Å². The Kier molecular flexibility index (Phi) is 19.7. The molecule has 8 nitrogen and oxygen atoms in total. The number of esters is 1. The minimum Gasteiger partial charge on any atom is -0.458 e. The highest BCUT2D eigenvalue weighted by Gasteiger charge is 2.59. The first-order valence-electron chi connectivity index (χ1n) is 22.8. The maximum Gasteiger partial charge on any atom is 0.309 e. The lowest BCUT2D eigenvalue weighted by atomic mass is 9.73. The van der Waals surface area contributed by atoms with Gasteiger partial charge in [0.25, 0.3) is 0 Å². The molecule has 0 spiro atoms. The smallest absolute Gasteiger partial charge is 0.309 e. The molecule has 0 radical (unpaired) electrons. The quantitative estimate of drug-likeness (QED) is 0.0470. The van der Waals surface area contributed by atoms with Gasteiger partial charge in [-0.15, -0.1) is 11.3 Å². The summed E-state index contributed by atoms with van der Waals surface area (Å²) in [6.07, 6.45) is 6.57. The molecule has 3 rings (SSSR count). The standard InChI is InChI=1S/C45H84N2O6S2Si3/c1-17-57(18-2,19-3)52-39-30-40(48)51-37(34(8)28-36-31-55-43(46-36)54-13)29-38-45(12,47(38)32-50-26-27-56(14,15)16)25-23-24-33(7)41(35(9)42(49)44(39,10)11)53-58(20-4,21-5)22-6/h28,31,33,35,37-39,41H,17-27,29-30,32H2,1-16H3/b34-28+/t33-,35+,37-,38-,39-,41-,45+,47?/m0/s1. The number of thioether (sulfide) groups is 1. The third kappa shape index (κ3) is 13.2. The zero-order valence-corrected chi connectivity index (χ0v) is 44.3. The molecule has 2 saturated heterocycles. The predicted octanol–water partition coefficient (Wildman–Crippen LogP) is 12.5. The topological polar surface area (TPSA) is 87.0 Å². The van der Waals surface area contributed by atoms with Crippen LogP contribution >= 0.6 is 23.1 Å². The first kappa shape index (κ1) is 51.7. The molecule has 334 valence electrons. The van der Waals surface area contributed by atoms with Crippen LogP contribution in [0, 0.1) is 17.3 Å². The summed E-state index contributed by atoms with van der Waals surface area (Å²) < 4.78 is 28.7. The van der Waals surface area contributed by atoms with Crippen LogP contribution in [0.1, 0.15) is 121 Å². The molecule has 2 aliphatic rings. The van der Waals surface area contributed by atoms with Crippen LogP contribution in [-0.2, 0) is 27.9 Å². The number of nitrogens with zero attached hydrogens (tertiary/aromatic N) is 2. The first-order chi connectivity index (χ1) is 27.1. The van der Waals surface area contributed by atoms with Crippen molar-refractivity contribution < 1.29 is 27.9 Å². The Bertz CT molecular complexity index is 1480. The van der Waals surface area contributed by atoms with Crippen LogP contribution in [0.5, 0.6) is 0 Å². The fourth-order valence-corrected chi connectivity index (χ4v) is 17.3. The Labute approximate surface area is 366 Å². The van der Waals surface area contributed by atoms with E-state index in [4.69, 9.17) is 23.3 Å². The fourth-order valence-electron chi connectivity index (χ4n) is 9.28. The average molecular weight is 898 g/mol. The molecule has 8 atom stereocenters. The molecule has 0 aliphatic carbocycles. The Balaban J connectivity index is 2.15. The zero-order valence-electron chi connectivity index (χ0n) is 39.7. The third-order valence-corrected chi connectivity index (χ3v) is 27.3. The second-order valence-corrected chi connectivity index (χ2v) is 36.6. The monoisotopic (exact) mass is 897 g/mol. The van der Waals surface area contributed by atoms with Gasteiger partial charge in [0.2, 0.25) is 0 Å². The van der Waals surface area contributed by atoms with Crippen molar-refractivity contribution in [2.24, 2.45) is 17.3 Å². The first-order valence-corrected chi connectivity index (χ1v) is 33.6. The van der Waals surface area contributed by atoms with Gasteiger partial charge in [-0.2, -0.15) is 0 Å². The van der Waals surface area contributed by atoms with Gasteiger partial charge in [-0.1, -0.05) is 107 Å². The Morgan fingerprint density at radius 2 is 1.57 bits per heavy atom. The predicted molar refractivity (Wildman–Crippen MR) is 255 cm³/mol. The Morgan fingerprint density at radius 1 is 0.983 bits per heavy atom. The van der Waals surface area contributed by atoms with Crippen molar-refractivity contribution in [3.05, 3.63) is 16.6 Å². The van der Waals surface area contributed by atoms with Crippen LogP contribution in [0.2, 0.25) is 61.9 Å². The summed E-state index contributed by atoms with van der Waals surface area (Å²) in [7, 11) is -5.56. The lowest BCUT2D eigenvalue weighted by Gasteiger charge is -2.44. The molecule has 0 N–H and O–H groups in total. The van der Waals surface area contributed by atoms with Crippen molar-refractivity contribution in [2.45, 2.75) is 211 Å². The van der Waals surface area contributed by atoms with Crippen molar-refractivity contribution in [3.63, 3.8) is 0 Å². The highest BCUT2D eigenvalue weighted by Crippen LogP contribution is 2.49. The summed E-state index contributed by atoms with van der Waals surface area (Å²) in [4.78, 5) is 37.0. The molecule has 0 saturated carbocycles. The maximum atomic E-state index is 15.2. The summed E-state index contributed by atoms with van der Waals surface area (Å²) in [5.41, 5.74) is 0.838. The molecule has 58 heavy (non-hydrogen) atoms. The van der Waals surface area contributed by atoms with Crippen molar-refractivity contribution in [3.8, 4) is 0 Å². The van der Waals surface area contributed by atoms with Crippen LogP contribution in [-0.4, -0.2) is 95.8 Å². The second kappa shape index (κ2) is 22.1. The van der Waals surface area contributed by atoms with E-state index in [9.17, 15) is 4.79 Å². The molecule has 0 amide bonds. The van der Waals surface area contributed by atoms with Crippen LogP contribution in [0.3, 0.4) is 0 Å². The SMILES string of the molecule is CC[Si](CC)(CC)O[C@H]1[C@@H](C)CCC[C@]2(C)[C@H](C[C@@H](/C(C)=C/c3csc(SC)n3)OC(=O)C[C@H](O[Si](CC)(CC)CC)C(C)(C)C(=O)[C@@H]1C)N2COCC[Si](C)(C)C.